The molecular weight excluding hydrogens is 242 g/mol. The van der Waals surface area contributed by atoms with Crippen molar-refractivity contribution in [2.75, 3.05) is 0 Å². The molecule has 0 aliphatic heterocycles. The number of rotatable bonds is 5. The molecule has 1 rings (SSSR count). The summed E-state index contributed by atoms with van der Waals surface area (Å²) in [6.07, 6.45) is -0.800. The first-order chi connectivity index (χ1) is 8.69. The van der Waals surface area contributed by atoms with Gasteiger partial charge in [-0.2, -0.15) is 0 Å². The van der Waals surface area contributed by atoms with E-state index in [4.69, 9.17) is 5.73 Å². The topological polar surface area (TPSA) is 87.4 Å². The third-order valence-corrected chi connectivity index (χ3v) is 2.67. The number of aliphatic hydroxyl groups is 1. The lowest BCUT2D eigenvalue weighted by atomic mass is 10.1. The first-order valence-corrected chi connectivity index (χ1v) is 6.30. The van der Waals surface area contributed by atoms with E-state index in [2.05, 4.69) is 10.6 Å². The number of nitrogens with two attached hydrogens (primary N) is 1. The monoisotopic (exact) mass is 265 g/mol. The van der Waals surface area contributed by atoms with Crippen LogP contribution in [0.5, 0.6) is 0 Å². The van der Waals surface area contributed by atoms with Gasteiger partial charge in [-0.05, 0) is 45.4 Å². The Morgan fingerprint density at radius 2 is 1.79 bits per heavy atom. The minimum atomic E-state index is -0.800. The zero-order chi connectivity index (χ0) is 14.6. The molecule has 19 heavy (non-hydrogen) atoms. The van der Waals surface area contributed by atoms with E-state index >= 15 is 0 Å². The minimum absolute atomic E-state index is 0.0493. The predicted molar refractivity (Wildman–Crippen MR) is 75.4 cm³/mol. The Hall–Kier alpha value is -1.43. The van der Waals surface area contributed by atoms with Crippen LogP contribution in [-0.4, -0.2) is 22.9 Å². The summed E-state index contributed by atoms with van der Waals surface area (Å²) in [4.78, 5) is 11.0. The third kappa shape index (κ3) is 5.38. The summed E-state index contributed by atoms with van der Waals surface area (Å²) >= 11 is 0. The zero-order valence-corrected chi connectivity index (χ0v) is 11.9. The number of amides is 1. The molecule has 1 aromatic carbocycles. The van der Waals surface area contributed by atoms with Crippen molar-refractivity contribution in [2.24, 2.45) is 5.73 Å². The van der Waals surface area contributed by atoms with E-state index < -0.39 is 12.3 Å². The smallest absolute Gasteiger partial charge is 0.248 e. The van der Waals surface area contributed by atoms with Crippen molar-refractivity contribution in [1.82, 2.24) is 10.6 Å². The van der Waals surface area contributed by atoms with Crippen LogP contribution in [-0.2, 0) is 0 Å². The van der Waals surface area contributed by atoms with E-state index in [1.807, 2.05) is 39.8 Å². The Kier molecular flexibility index (Phi) is 5.05. The van der Waals surface area contributed by atoms with Gasteiger partial charge >= 0.3 is 0 Å². The second kappa shape index (κ2) is 6.14. The molecule has 2 atom stereocenters. The molecule has 0 saturated carbocycles. The van der Waals surface area contributed by atoms with E-state index in [0.717, 1.165) is 5.56 Å². The fourth-order valence-electron chi connectivity index (χ4n) is 1.72. The largest absolute Gasteiger partial charge is 0.366 e. The van der Waals surface area contributed by atoms with Gasteiger partial charge in [-0.25, -0.2) is 0 Å². The van der Waals surface area contributed by atoms with E-state index in [1.54, 1.807) is 12.1 Å². The van der Waals surface area contributed by atoms with E-state index in [0.29, 0.717) is 5.56 Å². The van der Waals surface area contributed by atoms with Crippen LogP contribution in [0.1, 0.15) is 49.7 Å². The lowest BCUT2D eigenvalue weighted by Gasteiger charge is -2.28. The quantitative estimate of drug-likeness (QED) is 0.600. The maximum Gasteiger partial charge on any atom is 0.248 e. The Labute approximate surface area is 114 Å². The molecule has 2 unspecified atom stereocenters. The highest BCUT2D eigenvalue weighted by Crippen LogP contribution is 2.13. The highest BCUT2D eigenvalue weighted by Gasteiger charge is 2.17. The van der Waals surface area contributed by atoms with E-state index in [9.17, 15) is 9.90 Å². The SMILES string of the molecule is CC(NC(O)NC(C)(C)C)c1ccc(C(N)=O)cc1. The fraction of sp³-hybridized carbons (Fsp3) is 0.500. The Morgan fingerprint density at radius 1 is 1.26 bits per heavy atom. The molecule has 5 nitrogen and oxygen atoms in total. The maximum absolute atomic E-state index is 11.0. The van der Waals surface area contributed by atoms with Crippen molar-refractivity contribution in [3.63, 3.8) is 0 Å². The highest BCUT2D eigenvalue weighted by molar-refractivity contribution is 5.92. The van der Waals surface area contributed by atoms with Gasteiger partial charge in [0.15, 0.2) is 6.35 Å². The van der Waals surface area contributed by atoms with Crippen molar-refractivity contribution in [3.8, 4) is 0 Å². The molecule has 0 aliphatic rings. The van der Waals surface area contributed by atoms with Gasteiger partial charge in [0.25, 0.3) is 0 Å². The average Bonchev–Trinajstić information content (AvgIpc) is 2.26. The molecule has 0 aliphatic carbocycles. The van der Waals surface area contributed by atoms with Crippen molar-refractivity contribution in [3.05, 3.63) is 35.4 Å². The van der Waals surface area contributed by atoms with Crippen molar-refractivity contribution >= 4 is 5.91 Å². The van der Waals surface area contributed by atoms with Crippen LogP contribution in [0, 0.1) is 0 Å². The van der Waals surface area contributed by atoms with Crippen LogP contribution in [0.3, 0.4) is 0 Å². The minimum Gasteiger partial charge on any atom is -0.366 e. The van der Waals surface area contributed by atoms with Gasteiger partial charge in [-0.3, -0.25) is 15.4 Å². The molecule has 1 aromatic rings. The number of aliphatic hydroxyl groups excluding tert-OH is 1. The summed E-state index contributed by atoms with van der Waals surface area (Å²) in [7, 11) is 0. The first-order valence-electron chi connectivity index (χ1n) is 6.30. The van der Waals surface area contributed by atoms with Crippen LogP contribution in [0.15, 0.2) is 24.3 Å². The summed E-state index contributed by atoms with van der Waals surface area (Å²) in [5.41, 5.74) is 6.46. The van der Waals surface area contributed by atoms with Gasteiger partial charge in [0.2, 0.25) is 5.91 Å². The molecule has 0 bridgehead atoms. The lowest BCUT2D eigenvalue weighted by molar-refractivity contribution is 0.0645. The van der Waals surface area contributed by atoms with Crippen molar-refractivity contribution in [1.29, 1.82) is 0 Å². The molecule has 5 N–H and O–H groups in total. The van der Waals surface area contributed by atoms with E-state index in [-0.39, 0.29) is 11.6 Å². The number of hydrogen-bond acceptors (Lipinski definition) is 4. The maximum atomic E-state index is 11.0. The second-order valence-corrected chi connectivity index (χ2v) is 5.67. The predicted octanol–water partition coefficient (Wildman–Crippen LogP) is 1.10. The summed E-state index contributed by atoms with van der Waals surface area (Å²) in [5.74, 6) is -0.443. The van der Waals surface area contributed by atoms with Gasteiger partial charge in [0.05, 0.1) is 0 Å². The Morgan fingerprint density at radius 3 is 2.21 bits per heavy atom. The van der Waals surface area contributed by atoms with Crippen LogP contribution < -0.4 is 16.4 Å². The molecule has 106 valence electrons. The number of carbonyl (C=O) groups excluding carboxylic acids is 1. The molecule has 0 spiro atoms. The van der Waals surface area contributed by atoms with Gasteiger partial charge in [-0.1, -0.05) is 12.1 Å². The standard InChI is InChI=1S/C14H23N3O2/c1-9(16-13(19)17-14(2,3)4)10-5-7-11(8-6-10)12(15)18/h5-9,13,16-17,19H,1-4H3,(H2,15,18). The molecule has 0 radical (unpaired) electrons. The normalized spacial score (nSPS) is 15.0. The van der Waals surface area contributed by atoms with Gasteiger partial charge < -0.3 is 10.8 Å². The van der Waals surface area contributed by atoms with Crippen molar-refractivity contribution < 1.29 is 9.90 Å². The molecule has 0 heterocycles. The fourth-order valence-corrected chi connectivity index (χ4v) is 1.72. The average molecular weight is 265 g/mol. The molecule has 5 heteroatoms. The zero-order valence-electron chi connectivity index (χ0n) is 11.9. The summed E-state index contributed by atoms with van der Waals surface area (Å²) in [6.45, 7) is 7.87. The molecule has 0 aromatic heterocycles. The Balaban J connectivity index is 2.62. The van der Waals surface area contributed by atoms with Crippen LogP contribution >= 0.6 is 0 Å². The van der Waals surface area contributed by atoms with Crippen LogP contribution in [0.25, 0.3) is 0 Å². The highest BCUT2D eigenvalue weighted by atomic mass is 16.3. The number of nitrogens with one attached hydrogen (secondary N) is 2. The summed E-state index contributed by atoms with van der Waals surface area (Å²) in [6, 6.07) is 6.95. The van der Waals surface area contributed by atoms with Crippen LogP contribution in [0.4, 0.5) is 0 Å². The summed E-state index contributed by atoms with van der Waals surface area (Å²) in [5, 5.41) is 15.9. The number of primary amides is 1. The lowest BCUT2D eigenvalue weighted by Crippen LogP contribution is -2.51. The summed E-state index contributed by atoms with van der Waals surface area (Å²) < 4.78 is 0. The third-order valence-electron chi connectivity index (χ3n) is 2.67. The van der Waals surface area contributed by atoms with Crippen LogP contribution in [0.2, 0.25) is 0 Å². The molecule has 0 fully saturated rings. The first kappa shape index (κ1) is 15.6. The number of hydrogen-bond donors (Lipinski definition) is 4. The molecule has 1 amide bonds. The number of benzene rings is 1. The second-order valence-electron chi connectivity index (χ2n) is 5.67. The van der Waals surface area contributed by atoms with Gasteiger partial charge in [-0.15, -0.1) is 0 Å². The van der Waals surface area contributed by atoms with Gasteiger partial charge in [0, 0.05) is 17.1 Å². The molecule has 0 saturated heterocycles. The van der Waals surface area contributed by atoms with Gasteiger partial charge in [0.1, 0.15) is 0 Å². The molecular formula is C14H23N3O2. The number of carbonyl (C=O) groups is 1. The Bertz CT molecular complexity index is 423. The van der Waals surface area contributed by atoms with E-state index in [1.165, 1.54) is 0 Å². The van der Waals surface area contributed by atoms with Crippen molar-refractivity contribution in [2.45, 2.75) is 45.6 Å².